The molecule has 19 heavy (non-hydrogen) atoms. The van der Waals surface area contributed by atoms with E-state index in [0.717, 1.165) is 4.47 Å². The minimum absolute atomic E-state index is 0.206. The zero-order valence-electron chi connectivity index (χ0n) is 9.78. The average molecular weight is 328 g/mol. The van der Waals surface area contributed by atoms with Crippen molar-refractivity contribution >= 4 is 15.9 Å². The van der Waals surface area contributed by atoms with Gasteiger partial charge in [0, 0.05) is 4.47 Å². The van der Waals surface area contributed by atoms with Crippen LogP contribution in [0.25, 0.3) is 5.69 Å². The Morgan fingerprint density at radius 2 is 2.11 bits per heavy atom. The van der Waals surface area contributed by atoms with E-state index in [1.807, 2.05) is 12.1 Å². The van der Waals surface area contributed by atoms with E-state index in [0.29, 0.717) is 12.4 Å². The third kappa shape index (κ3) is 2.76. The van der Waals surface area contributed by atoms with Gasteiger partial charge in [-0.1, -0.05) is 15.9 Å². The second-order valence-electron chi connectivity index (χ2n) is 3.87. The van der Waals surface area contributed by atoms with Crippen LogP contribution in [0, 0.1) is 0 Å². The van der Waals surface area contributed by atoms with Gasteiger partial charge in [0.2, 0.25) is 5.89 Å². The number of hydroxylamine groups is 2. The van der Waals surface area contributed by atoms with E-state index in [-0.39, 0.29) is 19.2 Å². The molecule has 8 heteroatoms. The lowest BCUT2D eigenvalue weighted by molar-refractivity contribution is -0.123. The number of hydrogen-bond donors (Lipinski definition) is 0. The summed E-state index contributed by atoms with van der Waals surface area (Å²) >= 11 is 3.33. The lowest BCUT2D eigenvalue weighted by atomic mass is 10.3. The summed E-state index contributed by atoms with van der Waals surface area (Å²) in [4.78, 5) is 16.9. The minimum atomic E-state index is -0.530. The van der Waals surface area contributed by atoms with Crippen LogP contribution in [-0.4, -0.2) is 28.4 Å². The molecule has 2 heterocycles. The van der Waals surface area contributed by atoms with Gasteiger partial charge in [-0.25, -0.2) is 4.79 Å². The van der Waals surface area contributed by atoms with Crippen LogP contribution in [0.4, 0.5) is 0 Å². The Bertz CT molecular complexity index is 616. The number of aromatic nitrogens is 2. The lowest BCUT2D eigenvalue weighted by Gasteiger charge is -2.06. The van der Waals surface area contributed by atoms with Crippen molar-refractivity contribution in [2.45, 2.75) is 6.54 Å². The first-order chi connectivity index (χ1) is 9.22. The molecule has 1 aliphatic rings. The fourth-order valence-corrected chi connectivity index (χ4v) is 1.92. The zero-order chi connectivity index (χ0) is 13.2. The van der Waals surface area contributed by atoms with E-state index >= 15 is 0 Å². The van der Waals surface area contributed by atoms with Gasteiger partial charge in [-0.2, -0.15) is 9.75 Å². The molecule has 0 amide bonds. The number of hydrogen-bond acceptors (Lipinski definition) is 6. The zero-order valence-corrected chi connectivity index (χ0v) is 11.4. The predicted octanol–water partition coefficient (Wildman–Crippen LogP) is 1.27. The third-order valence-corrected chi connectivity index (χ3v) is 3.05. The molecule has 0 unspecified atom stereocenters. The van der Waals surface area contributed by atoms with Crippen molar-refractivity contribution in [3.63, 3.8) is 0 Å². The van der Waals surface area contributed by atoms with Crippen LogP contribution in [0.5, 0.6) is 0 Å². The molecule has 1 saturated heterocycles. The summed E-state index contributed by atoms with van der Waals surface area (Å²) in [6, 6.07) is 7.20. The van der Waals surface area contributed by atoms with Gasteiger partial charge in [0.05, 0.1) is 5.69 Å². The van der Waals surface area contributed by atoms with Crippen LogP contribution in [-0.2, 0) is 16.1 Å². The fraction of sp³-hybridized carbons (Fsp3) is 0.273. The van der Waals surface area contributed by atoms with Gasteiger partial charge >= 0.3 is 5.76 Å². The normalized spacial score (nSPS) is 16.1. The van der Waals surface area contributed by atoms with Gasteiger partial charge in [-0.3, -0.25) is 4.84 Å². The predicted molar refractivity (Wildman–Crippen MR) is 67.2 cm³/mol. The molecule has 2 aromatic rings. The smallest absolute Gasteiger partial charge is 0.391 e. The van der Waals surface area contributed by atoms with Gasteiger partial charge in [0.1, 0.15) is 13.3 Å². The van der Waals surface area contributed by atoms with Gasteiger partial charge in [-0.15, -0.1) is 5.10 Å². The Kier molecular flexibility index (Phi) is 3.47. The number of halogens is 1. The first-order valence-corrected chi connectivity index (χ1v) is 6.32. The van der Waals surface area contributed by atoms with Gasteiger partial charge in [-0.05, 0) is 24.3 Å². The van der Waals surface area contributed by atoms with Crippen molar-refractivity contribution in [1.29, 1.82) is 0 Å². The molecule has 0 bridgehead atoms. The Balaban J connectivity index is 1.84. The Labute approximate surface area is 116 Å². The van der Waals surface area contributed by atoms with Crippen LogP contribution in [0.2, 0.25) is 0 Å². The summed E-state index contributed by atoms with van der Waals surface area (Å²) in [5, 5.41) is 5.64. The largest absolute Gasteiger partial charge is 0.442 e. The quantitative estimate of drug-likeness (QED) is 0.845. The molecular formula is C11H10BrN3O4. The molecule has 7 nitrogen and oxygen atoms in total. The molecule has 1 fully saturated rings. The summed E-state index contributed by atoms with van der Waals surface area (Å²) in [6.07, 6.45) is 0. The molecule has 0 saturated carbocycles. The number of nitrogens with zero attached hydrogens (tertiary/aromatic N) is 3. The van der Waals surface area contributed by atoms with Crippen molar-refractivity contribution in [3.05, 3.63) is 45.2 Å². The molecule has 1 aromatic carbocycles. The first kappa shape index (κ1) is 12.5. The van der Waals surface area contributed by atoms with Crippen molar-refractivity contribution in [3.8, 4) is 5.69 Å². The lowest BCUT2D eigenvalue weighted by Crippen LogP contribution is -2.17. The van der Waals surface area contributed by atoms with Crippen molar-refractivity contribution < 1.29 is 14.0 Å². The van der Waals surface area contributed by atoms with E-state index in [1.54, 1.807) is 12.1 Å². The van der Waals surface area contributed by atoms with Crippen LogP contribution >= 0.6 is 15.9 Å². The van der Waals surface area contributed by atoms with E-state index in [2.05, 4.69) is 21.0 Å². The Morgan fingerprint density at radius 3 is 2.79 bits per heavy atom. The summed E-state index contributed by atoms with van der Waals surface area (Å²) in [5.74, 6) is -0.254. The second kappa shape index (κ2) is 5.25. The van der Waals surface area contributed by atoms with Crippen LogP contribution < -0.4 is 5.76 Å². The molecule has 0 radical (unpaired) electrons. The highest BCUT2D eigenvalue weighted by molar-refractivity contribution is 9.10. The van der Waals surface area contributed by atoms with Gasteiger partial charge in [0.15, 0.2) is 6.79 Å². The number of benzene rings is 1. The number of rotatable bonds is 3. The first-order valence-electron chi connectivity index (χ1n) is 5.53. The molecule has 0 atom stereocenters. The van der Waals surface area contributed by atoms with Crippen molar-refractivity contribution in [2.75, 3.05) is 13.5 Å². The fourth-order valence-electron chi connectivity index (χ4n) is 1.66. The molecule has 100 valence electrons. The molecule has 0 aliphatic carbocycles. The second-order valence-corrected chi connectivity index (χ2v) is 4.79. The topological polar surface area (TPSA) is 69.7 Å². The molecule has 3 rings (SSSR count). The summed E-state index contributed by atoms with van der Waals surface area (Å²) in [5.41, 5.74) is 0.641. The maximum Gasteiger partial charge on any atom is 0.442 e. The van der Waals surface area contributed by atoms with Crippen molar-refractivity contribution in [2.24, 2.45) is 0 Å². The van der Waals surface area contributed by atoms with E-state index in [9.17, 15) is 4.79 Å². The average Bonchev–Trinajstić information content (AvgIpc) is 3.01. The van der Waals surface area contributed by atoms with Gasteiger partial charge in [0.25, 0.3) is 0 Å². The summed E-state index contributed by atoms with van der Waals surface area (Å²) in [7, 11) is 0. The standard InChI is InChI=1S/C11H10BrN3O4/c12-8-1-3-9(4-2-8)15-11(16)19-10(13-15)5-14-6-17-7-18-14/h1-4H,5-7H2. The Hall–Kier alpha value is -1.48. The third-order valence-electron chi connectivity index (χ3n) is 2.53. The highest BCUT2D eigenvalue weighted by Crippen LogP contribution is 2.13. The van der Waals surface area contributed by atoms with E-state index in [1.165, 1.54) is 9.75 Å². The maximum atomic E-state index is 11.7. The van der Waals surface area contributed by atoms with Crippen LogP contribution in [0.1, 0.15) is 5.89 Å². The van der Waals surface area contributed by atoms with Crippen LogP contribution in [0.15, 0.2) is 37.9 Å². The van der Waals surface area contributed by atoms with Crippen LogP contribution in [0.3, 0.4) is 0 Å². The highest BCUT2D eigenvalue weighted by atomic mass is 79.9. The van der Waals surface area contributed by atoms with E-state index in [4.69, 9.17) is 14.0 Å². The molecule has 0 spiro atoms. The molecule has 1 aromatic heterocycles. The maximum absolute atomic E-state index is 11.7. The molecule has 0 N–H and O–H groups in total. The Morgan fingerprint density at radius 1 is 1.32 bits per heavy atom. The van der Waals surface area contributed by atoms with Crippen molar-refractivity contribution in [1.82, 2.24) is 14.8 Å². The minimum Gasteiger partial charge on any atom is -0.391 e. The number of ether oxygens (including phenoxy) is 1. The van der Waals surface area contributed by atoms with E-state index < -0.39 is 5.76 Å². The molecule has 1 aliphatic heterocycles. The SMILES string of the molecule is O=c1oc(CN2COCO2)nn1-c1ccc(Br)cc1. The van der Waals surface area contributed by atoms with Gasteiger partial charge < -0.3 is 9.15 Å². The molecular weight excluding hydrogens is 318 g/mol. The monoisotopic (exact) mass is 327 g/mol. The highest BCUT2D eigenvalue weighted by Gasteiger charge is 2.18. The summed E-state index contributed by atoms with van der Waals surface area (Å²) < 4.78 is 12.2. The summed E-state index contributed by atoms with van der Waals surface area (Å²) in [6.45, 7) is 0.797.